The zero-order chi connectivity index (χ0) is 21.9. The summed E-state index contributed by atoms with van der Waals surface area (Å²) >= 11 is 5.97. The number of sulfonamides is 1. The molecule has 9 heteroatoms. The Bertz CT molecular complexity index is 1180. The van der Waals surface area contributed by atoms with E-state index in [0.29, 0.717) is 16.1 Å². The maximum absolute atomic E-state index is 12.6. The second-order valence-electron chi connectivity index (χ2n) is 6.54. The lowest BCUT2D eigenvalue weighted by atomic mass is 9.93. The van der Waals surface area contributed by atoms with E-state index < -0.39 is 15.9 Å². The van der Waals surface area contributed by atoms with E-state index in [1.807, 2.05) is 18.2 Å². The fourth-order valence-corrected chi connectivity index (χ4v) is 3.62. The Morgan fingerprint density at radius 2 is 1.57 bits per heavy atom. The van der Waals surface area contributed by atoms with Crippen LogP contribution in [-0.4, -0.2) is 32.6 Å². The predicted molar refractivity (Wildman–Crippen MR) is 118 cm³/mol. The number of primary sulfonamides is 1. The van der Waals surface area contributed by atoms with Gasteiger partial charge in [-0.3, -0.25) is 4.79 Å². The summed E-state index contributed by atoms with van der Waals surface area (Å²) in [6.45, 7) is -0.119. The highest BCUT2D eigenvalue weighted by atomic mass is 35.5. The van der Waals surface area contributed by atoms with Crippen LogP contribution in [0, 0.1) is 0 Å². The van der Waals surface area contributed by atoms with Gasteiger partial charge in [0.25, 0.3) is 5.91 Å². The molecule has 0 bridgehead atoms. The predicted octanol–water partition coefficient (Wildman–Crippen LogP) is 2.63. The van der Waals surface area contributed by atoms with E-state index >= 15 is 0 Å². The molecule has 7 nitrogen and oxygen atoms in total. The molecule has 0 aromatic heterocycles. The van der Waals surface area contributed by atoms with Crippen molar-refractivity contribution in [1.29, 1.82) is 0 Å². The molecule has 156 valence electrons. The number of carbonyl (C=O) groups excluding carboxylic acids is 1. The number of halogens is 1. The van der Waals surface area contributed by atoms with Crippen molar-refractivity contribution in [2.24, 2.45) is 5.14 Å². The minimum atomic E-state index is -3.83. The zero-order valence-electron chi connectivity index (χ0n) is 15.8. The molecule has 30 heavy (non-hydrogen) atoms. The molecule has 0 saturated carbocycles. The minimum absolute atomic E-state index is 0.0282. The Kier molecular flexibility index (Phi) is 6.42. The Morgan fingerprint density at radius 1 is 0.967 bits per heavy atom. The summed E-state index contributed by atoms with van der Waals surface area (Å²) in [5, 5.41) is 17.3. The molecule has 3 aromatic carbocycles. The third kappa shape index (κ3) is 4.80. The van der Waals surface area contributed by atoms with Crippen molar-refractivity contribution in [3.63, 3.8) is 0 Å². The fraction of sp³-hybridized carbons (Fsp3) is 0.0952. The Hall–Kier alpha value is -2.91. The number of nitrogens with two attached hydrogens (primary N) is 2. The standard InChI is InChI=1S/C21H20ClN3O4S/c22-16-5-1-13(2-6-16)15-11-18(14-3-7-17(8-4-14)30(24,28)29)20(23)19(12-15)21(27)25-9-10-26/h1-8,11-12,26H,9-10,23H2,(H,25,27)(H2,24,28,29). The maximum Gasteiger partial charge on any atom is 0.253 e. The van der Waals surface area contributed by atoms with E-state index in [1.54, 1.807) is 30.3 Å². The lowest BCUT2D eigenvalue weighted by molar-refractivity contribution is 0.0945. The number of carbonyl (C=O) groups is 1. The number of amides is 1. The largest absolute Gasteiger partial charge is 0.398 e. The third-order valence-electron chi connectivity index (χ3n) is 4.49. The van der Waals surface area contributed by atoms with Crippen LogP contribution in [-0.2, 0) is 10.0 Å². The molecule has 0 unspecified atom stereocenters. The third-order valence-corrected chi connectivity index (χ3v) is 5.67. The Labute approximate surface area is 179 Å². The summed E-state index contributed by atoms with van der Waals surface area (Å²) in [4.78, 5) is 12.6. The maximum atomic E-state index is 12.6. The number of hydrogen-bond acceptors (Lipinski definition) is 5. The van der Waals surface area contributed by atoms with Gasteiger partial charge in [0.2, 0.25) is 10.0 Å². The van der Waals surface area contributed by atoms with Crippen molar-refractivity contribution in [3.05, 3.63) is 71.2 Å². The van der Waals surface area contributed by atoms with Gasteiger partial charge in [-0.1, -0.05) is 35.9 Å². The highest BCUT2D eigenvalue weighted by Gasteiger charge is 2.17. The molecule has 0 heterocycles. The van der Waals surface area contributed by atoms with Gasteiger partial charge in [0.05, 0.1) is 22.8 Å². The summed E-state index contributed by atoms with van der Waals surface area (Å²) in [7, 11) is -3.83. The minimum Gasteiger partial charge on any atom is -0.398 e. The second-order valence-corrected chi connectivity index (χ2v) is 8.54. The topological polar surface area (TPSA) is 136 Å². The van der Waals surface area contributed by atoms with Gasteiger partial charge < -0.3 is 16.2 Å². The van der Waals surface area contributed by atoms with Gasteiger partial charge in [-0.25, -0.2) is 13.6 Å². The molecular formula is C21H20ClN3O4S. The van der Waals surface area contributed by atoms with Gasteiger partial charge in [-0.15, -0.1) is 0 Å². The van der Waals surface area contributed by atoms with Crippen LogP contribution in [0.25, 0.3) is 22.3 Å². The van der Waals surface area contributed by atoms with Crippen LogP contribution in [0.1, 0.15) is 10.4 Å². The molecule has 0 aliphatic heterocycles. The van der Waals surface area contributed by atoms with Crippen LogP contribution in [0.4, 0.5) is 5.69 Å². The summed E-state index contributed by atoms with van der Waals surface area (Å²) in [6.07, 6.45) is 0. The van der Waals surface area contributed by atoms with Crippen molar-refractivity contribution in [3.8, 4) is 22.3 Å². The van der Waals surface area contributed by atoms with Crippen molar-refractivity contribution in [2.75, 3.05) is 18.9 Å². The van der Waals surface area contributed by atoms with Crippen molar-refractivity contribution < 1.29 is 18.3 Å². The number of aliphatic hydroxyl groups is 1. The molecule has 0 aliphatic carbocycles. The Morgan fingerprint density at radius 3 is 2.13 bits per heavy atom. The summed E-state index contributed by atoms with van der Waals surface area (Å²) in [5.74, 6) is -0.431. The monoisotopic (exact) mass is 445 g/mol. The molecule has 0 atom stereocenters. The normalized spacial score (nSPS) is 11.3. The lowest BCUT2D eigenvalue weighted by Gasteiger charge is -2.15. The summed E-state index contributed by atoms with van der Waals surface area (Å²) in [5.41, 5.74) is 9.47. The number of nitrogens with one attached hydrogen (secondary N) is 1. The van der Waals surface area contributed by atoms with Crippen LogP contribution in [0.5, 0.6) is 0 Å². The first-order valence-electron chi connectivity index (χ1n) is 8.92. The lowest BCUT2D eigenvalue weighted by Crippen LogP contribution is -2.27. The molecule has 1 amide bonds. The van der Waals surface area contributed by atoms with Gasteiger partial charge in [-0.05, 0) is 53.1 Å². The Balaban J connectivity index is 2.16. The average Bonchev–Trinajstić information content (AvgIpc) is 2.72. The number of aliphatic hydroxyl groups excluding tert-OH is 1. The number of anilines is 1. The number of benzene rings is 3. The van der Waals surface area contributed by atoms with Crippen molar-refractivity contribution >= 4 is 33.2 Å². The molecule has 0 spiro atoms. The zero-order valence-corrected chi connectivity index (χ0v) is 17.4. The SMILES string of the molecule is Nc1c(C(=O)NCCO)cc(-c2ccc(Cl)cc2)cc1-c1ccc(S(N)(=O)=O)cc1. The molecule has 3 aromatic rings. The summed E-state index contributed by atoms with van der Waals surface area (Å²) < 4.78 is 23.1. The van der Waals surface area contributed by atoms with E-state index in [-0.39, 0.29) is 29.3 Å². The molecule has 6 N–H and O–H groups in total. The second kappa shape index (κ2) is 8.85. The van der Waals surface area contributed by atoms with Crippen LogP contribution in [0.3, 0.4) is 0 Å². The van der Waals surface area contributed by atoms with Crippen LogP contribution < -0.4 is 16.2 Å². The fourth-order valence-electron chi connectivity index (χ4n) is 2.98. The van der Waals surface area contributed by atoms with Gasteiger partial charge in [-0.2, -0.15) is 0 Å². The van der Waals surface area contributed by atoms with Crippen LogP contribution in [0.2, 0.25) is 5.02 Å². The molecule has 0 fully saturated rings. The first-order valence-corrected chi connectivity index (χ1v) is 10.8. The van der Waals surface area contributed by atoms with Crippen molar-refractivity contribution in [2.45, 2.75) is 4.90 Å². The number of rotatable bonds is 6. The van der Waals surface area contributed by atoms with E-state index in [0.717, 1.165) is 11.1 Å². The molecule has 0 radical (unpaired) electrons. The van der Waals surface area contributed by atoms with E-state index in [2.05, 4.69) is 5.32 Å². The quantitative estimate of drug-likeness (QED) is 0.432. The van der Waals surface area contributed by atoms with Gasteiger partial charge in [0, 0.05) is 17.1 Å². The highest BCUT2D eigenvalue weighted by Crippen LogP contribution is 2.35. The number of hydrogen-bond donors (Lipinski definition) is 4. The van der Waals surface area contributed by atoms with E-state index in [1.165, 1.54) is 12.1 Å². The molecule has 0 saturated heterocycles. The molecular weight excluding hydrogens is 426 g/mol. The highest BCUT2D eigenvalue weighted by molar-refractivity contribution is 7.89. The summed E-state index contributed by atoms with van der Waals surface area (Å²) in [6, 6.07) is 16.5. The van der Waals surface area contributed by atoms with Crippen LogP contribution >= 0.6 is 11.6 Å². The van der Waals surface area contributed by atoms with Gasteiger partial charge in [0.15, 0.2) is 0 Å². The van der Waals surface area contributed by atoms with Crippen LogP contribution in [0.15, 0.2) is 65.6 Å². The van der Waals surface area contributed by atoms with E-state index in [4.69, 9.17) is 27.6 Å². The van der Waals surface area contributed by atoms with Gasteiger partial charge >= 0.3 is 0 Å². The number of nitrogen functional groups attached to an aromatic ring is 1. The van der Waals surface area contributed by atoms with E-state index in [9.17, 15) is 13.2 Å². The average molecular weight is 446 g/mol. The smallest absolute Gasteiger partial charge is 0.253 e. The van der Waals surface area contributed by atoms with Crippen molar-refractivity contribution in [1.82, 2.24) is 5.32 Å². The van der Waals surface area contributed by atoms with Gasteiger partial charge in [0.1, 0.15) is 0 Å². The first-order chi connectivity index (χ1) is 14.2. The molecule has 0 aliphatic rings. The first kappa shape index (κ1) is 21.8. The molecule has 3 rings (SSSR count).